The number of quaternary nitrogens is 1. The van der Waals surface area contributed by atoms with Crippen molar-refractivity contribution in [3.63, 3.8) is 0 Å². The molecule has 0 rings (SSSR count). The Kier molecular flexibility index (Phi) is 4.10. The van der Waals surface area contributed by atoms with E-state index in [9.17, 15) is 9.13 Å². The first-order chi connectivity index (χ1) is 5.93. The molecule has 0 aromatic rings. The van der Waals surface area contributed by atoms with E-state index >= 15 is 0 Å². The largest absolute Gasteiger partial charge is 0.395 e. The lowest BCUT2D eigenvalue weighted by Gasteiger charge is -2.36. The first-order valence-electron chi connectivity index (χ1n) is 3.86. The van der Waals surface area contributed by atoms with Crippen LogP contribution in [0.5, 0.6) is 0 Å². The van der Waals surface area contributed by atoms with Crippen molar-refractivity contribution in [2.45, 2.75) is 12.4 Å². The van der Waals surface area contributed by atoms with Gasteiger partial charge in [0.15, 0.2) is 0 Å². The third-order valence-corrected chi connectivity index (χ3v) is 6.30. The van der Waals surface area contributed by atoms with Crippen molar-refractivity contribution in [1.29, 1.82) is 0 Å². The van der Waals surface area contributed by atoms with Crippen molar-refractivity contribution in [3.05, 3.63) is 0 Å². The predicted molar refractivity (Wildman–Crippen MR) is 50.5 cm³/mol. The molecule has 0 saturated carbocycles. The van der Waals surface area contributed by atoms with Gasteiger partial charge in [-0.3, -0.25) is 9.13 Å². The fourth-order valence-electron chi connectivity index (χ4n) is 1.17. The van der Waals surface area contributed by atoms with E-state index in [-0.39, 0.29) is 6.54 Å². The van der Waals surface area contributed by atoms with Gasteiger partial charge in [0.2, 0.25) is 0 Å². The number of rotatable bonds is 4. The molecule has 0 fully saturated rings. The molecule has 0 aromatic heterocycles. The van der Waals surface area contributed by atoms with E-state index in [4.69, 9.17) is 19.6 Å². The number of hydrogen-bond donors (Lipinski definition) is 4. The van der Waals surface area contributed by atoms with Gasteiger partial charge in [0, 0.05) is 0 Å². The van der Waals surface area contributed by atoms with Gasteiger partial charge in [-0.05, 0) is 6.92 Å². The Morgan fingerprint density at radius 3 is 1.43 bits per heavy atom. The Labute approximate surface area is 82.3 Å². The van der Waals surface area contributed by atoms with Gasteiger partial charge in [-0.2, -0.15) is 0 Å². The standard InChI is InChI=1S/C5H15NO6P2/c1-4-6(2,3)5(13(7,8)9)14(10,11)12/h5H,4H2,1-3H3,(H3-,7,8,9,10,11,12)/p+1. The molecule has 0 saturated heterocycles. The summed E-state index contributed by atoms with van der Waals surface area (Å²) >= 11 is 0. The fraction of sp³-hybridized carbons (Fsp3) is 1.00. The van der Waals surface area contributed by atoms with Crippen LogP contribution >= 0.6 is 15.2 Å². The molecule has 4 N–H and O–H groups in total. The van der Waals surface area contributed by atoms with Crippen LogP contribution in [0, 0.1) is 0 Å². The average molecular weight is 248 g/mol. The highest BCUT2D eigenvalue weighted by atomic mass is 31.2. The molecule has 14 heavy (non-hydrogen) atoms. The van der Waals surface area contributed by atoms with E-state index in [2.05, 4.69) is 0 Å². The highest BCUT2D eigenvalue weighted by Crippen LogP contribution is 2.62. The Morgan fingerprint density at radius 1 is 1.07 bits per heavy atom. The molecule has 0 bridgehead atoms. The van der Waals surface area contributed by atoms with E-state index in [0.29, 0.717) is 0 Å². The minimum absolute atomic E-state index is 0.209. The summed E-state index contributed by atoms with van der Waals surface area (Å²) in [5, 5.41) is 0. The van der Waals surface area contributed by atoms with E-state index in [1.807, 2.05) is 0 Å². The second kappa shape index (κ2) is 4.02. The highest BCUT2D eigenvalue weighted by Gasteiger charge is 2.54. The lowest BCUT2D eigenvalue weighted by Crippen LogP contribution is -2.48. The first kappa shape index (κ1) is 14.3. The van der Waals surface area contributed by atoms with Crippen LogP contribution < -0.4 is 0 Å². The second-order valence-electron chi connectivity index (χ2n) is 3.62. The third-order valence-electron chi connectivity index (χ3n) is 2.04. The van der Waals surface area contributed by atoms with Crippen molar-refractivity contribution in [2.75, 3.05) is 20.6 Å². The van der Waals surface area contributed by atoms with Crippen molar-refractivity contribution < 1.29 is 33.2 Å². The molecule has 0 aliphatic heterocycles. The smallest absolute Gasteiger partial charge is 0.320 e. The normalized spacial score (nSPS) is 14.9. The quantitative estimate of drug-likeness (QED) is 0.402. The second-order valence-corrected chi connectivity index (χ2v) is 7.36. The van der Waals surface area contributed by atoms with Gasteiger partial charge in [-0.15, -0.1) is 0 Å². The van der Waals surface area contributed by atoms with E-state index in [0.717, 1.165) is 0 Å². The molecule has 9 heteroatoms. The lowest BCUT2D eigenvalue weighted by atomic mass is 10.6. The molecule has 7 nitrogen and oxygen atoms in total. The summed E-state index contributed by atoms with van der Waals surface area (Å²) in [7, 11) is -6.92. The van der Waals surface area contributed by atoms with Crippen LogP contribution in [-0.2, 0) is 9.13 Å². The van der Waals surface area contributed by atoms with Gasteiger partial charge < -0.3 is 24.1 Å². The Hall–Kier alpha value is 0.260. The first-order valence-corrected chi connectivity index (χ1v) is 7.22. The van der Waals surface area contributed by atoms with Crippen LogP contribution in [0.2, 0.25) is 0 Å². The molecule has 0 aliphatic carbocycles. The Morgan fingerprint density at radius 2 is 1.36 bits per heavy atom. The van der Waals surface area contributed by atoms with Gasteiger partial charge in [-0.25, -0.2) is 0 Å². The summed E-state index contributed by atoms with van der Waals surface area (Å²) < 4.78 is 21.5. The zero-order chi connectivity index (χ0) is 11.8. The van der Waals surface area contributed by atoms with Gasteiger partial charge in [0.25, 0.3) is 5.52 Å². The minimum Gasteiger partial charge on any atom is -0.320 e. The summed E-state index contributed by atoms with van der Waals surface area (Å²) in [4.78, 5) is 35.5. The fourth-order valence-corrected chi connectivity index (χ4v) is 4.70. The molecule has 0 unspecified atom stereocenters. The van der Waals surface area contributed by atoms with Crippen LogP contribution in [0.1, 0.15) is 6.92 Å². The summed E-state index contributed by atoms with van der Waals surface area (Å²) in [6, 6.07) is 0. The van der Waals surface area contributed by atoms with E-state index < -0.39 is 25.2 Å². The zero-order valence-electron chi connectivity index (χ0n) is 8.23. The van der Waals surface area contributed by atoms with Crippen molar-refractivity contribution in [3.8, 4) is 0 Å². The Bertz CT molecular complexity index is 269. The SMILES string of the molecule is CC[N+](C)(C)C(P(=O)(O)O)P(=O)(O)O. The Balaban J connectivity index is 5.37. The van der Waals surface area contributed by atoms with E-state index in [1.165, 1.54) is 14.1 Å². The number of nitrogens with zero attached hydrogens (tertiary/aromatic N) is 1. The molecule has 0 amide bonds. The summed E-state index contributed by atoms with van der Waals surface area (Å²) in [6.07, 6.45) is 0. The monoisotopic (exact) mass is 248 g/mol. The van der Waals surface area contributed by atoms with Crippen LogP contribution in [0.3, 0.4) is 0 Å². The molecule has 86 valence electrons. The molecular weight excluding hydrogens is 232 g/mol. The predicted octanol–water partition coefficient (Wildman–Crippen LogP) is -0.278. The maximum absolute atomic E-state index is 11.0. The van der Waals surface area contributed by atoms with E-state index in [1.54, 1.807) is 6.92 Å². The molecule has 0 aromatic carbocycles. The lowest BCUT2D eigenvalue weighted by molar-refractivity contribution is -0.889. The molecule has 0 aliphatic rings. The topological polar surface area (TPSA) is 115 Å². The van der Waals surface area contributed by atoms with Crippen LogP contribution in [0.25, 0.3) is 0 Å². The summed E-state index contributed by atoms with van der Waals surface area (Å²) in [5.74, 6) is 0. The van der Waals surface area contributed by atoms with Crippen LogP contribution in [0.4, 0.5) is 0 Å². The molecular formula is C5H16NO6P2+. The molecule has 0 spiro atoms. The highest BCUT2D eigenvalue weighted by molar-refractivity contribution is 7.70. The zero-order valence-corrected chi connectivity index (χ0v) is 10.0. The van der Waals surface area contributed by atoms with Gasteiger partial charge in [-0.1, -0.05) is 0 Å². The van der Waals surface area contributed by atoms with Crippen LogP contribution in [-0.4, -0.2) is 50.2 Å². The van der Waals surface area contributed by atoms with Gasteiger partial charge in [0.05, 0.1) is 20.6 Å². The number of hydrogen-bond acceptors (Lipinski definition) is 2. The maximum Gasteiger partial charge on any atom is 0.395 e. The molecule has 0 atom stereocenters. The summed E-state index contributed by atoms with van der Waals surface area (Å²) in [6.45, 7) is 1.80. The minimum atomic E-state index is -4.83. The van der Waals surface area contributed by atoms with Crippen molar-refractivity contribution in [1.82, 2.24) is 0 Å². The average Bonchev–Trinajstić information content (AvgIpc) is 1.79. The van der Waals surface area contributed by atoms with Crippen molar-refractivity contribution >= 4 is 15.2 Å². The van der Waals surface area contributed by atoms with Crippen molar-refractivity contribution in [2.24, 2.45) is 0 Å². The summed E-state index contributed by atoms with van der Waals surface area (Å²) in [5.41, 5.74) is -1.99. The van der Waals surface area contributed by atoms with Gasteiger partial charge >= 0.3 is 15.2 Å². The maximum atomic E-state index is 11.0. The third kappa shape index (κ3) is 3.44. The van der Waals surface area contributed by atoms with Crippen LogP contribution in [0.15, 0.2) is 0 Å². The molecule has 0 heterocycles. The molecule has 0 radical (unpaired) electrons. The van der Waals surface area contributed by atoms with Gasteiger partial charge in [0.1, 0.15) is 0 Å².